The summed E-state index contributed by atoms with van der Waals surface area (Å²) in [5.41, 5.74) is 1.94. The highest BCUT2D eigenvalue weighted by molar-refractivity contribution is 6.00. The summed E-state index contributed by atoms with van der Waals surface area (Å²) < 4.78 is 1.87. The van der Waals surface area contributed by atoms with Gasteiger partial charge in [0, 0.05) is 56.0 Å². The molecule has 0 aliphatic carbocycles. The molecule has 3 aliphatic rings. The van der Waals surface area contributed by atoms with Crippen LogP contribution in [0.25, 0.3) is 0 Å². The number of hydrogen-bond acceptors (Lipinski definition) is 3. The number of pyridine rings is 1. The molecule has 0 radical (unpaired) electrons. The third kappa shape index (κ3) is 2.84. The van der Waals surface area contributed by atoms with Crippen LogP contribution in [-0.4, -0.2) is 40.9 Å². The van der Waals surface area contributed by atoms with Crippen LogP contribution in [0.2, 0.25) is 0 Å². The van der Waals surface area contributed by atoms with Gasteiger partial charge in [-0.15, -0.1) is 0 Å². The number of hydrogen-bond donors (Lipinski definition) is 0. The largest absolute Gasteiger partial charge is 0.341 e. The predicted octanol–water partition coefficient (Wildman–Crippen LogP) is 1.85. The molecule has 2 amide bonds. The molecular weight excluding hydrogens is 354 g/mol. The fraction of sp³-hybridized carbons (Fsp3) is 0.409. The number of likely N-dealkylation sites (tertiary alicyclic amines) is 1. The molecule has 0 N–H and O–H groups in total. The minimum Gasteiger partial charge on any atom is -0.341 e. The standard InChI is InChI=1S/C22H23N3O3/c26-20-8-4-7-19-16-9-15(12-25(19)20)11-23(13-16)22(28)17-10-21(27)24(14-17)18-5-2-1-3-6-18/h1-8,15-17H,9-14H2/t15-,16-,17-/m0/s1. The van der Waals surface area contributed by atoms with Gasteiger partial charge in [0.1, 0.15) is 0 Å². The van der Waals surface area contributed by atoms with Gasteiger partial charge in [0.05, 0.1) is 5.92 Å². The molecule has 0 saturated carbocycles. The molecule has 1 aromatic carbocycles. The lowest BCUT2D eigenvalue weighted by atomic mass is 9.82. The fourth-order valence-electron chi connectivity index (χ4n) is 5.07. The van der Waals surface area contributed by atoms with Gasteiger partial charge in [-0.05, 0) is 30.5 Å². The Morgan fingerprint density at radius 1 is 0.893 bits per heavy atom. The molecule has 3 atom stereocenters. The van der Waals surface area contributed by atoms with Gasteiger partial charge in [-0.1, -0.05) is 24.3 Å². The van der Waals surface area contributed by atoms with Crippen molar-refractivity contribution in [1.29, 1.82) is 0 Å². The smallest absolute Gasteiger partial charge is 0.250 e. The van der Waals surface area contributed by atoms with E-state index in [-0.39, 0.29) is 35.6 Å². The number of fused-ring (bicyclic) bond motifs is 4. The van der Waals surface area contributed by atoms with E-state index < -0.39 is 0 Å². The van der Waals surface area contributed by atoms with Crippen LogP contribution in [0.1, 0.15) is 24.5 Å². The number of aromatic nitrogens is 1. The van der Waals surface area contributed by atoms with E-state index in [0.717, 1.165) is 17.8 Å². The van der Waals surface area contributed by atoms with E-state index in [1.54, 1.807) is 11.0 Å². The van der Waals surface area contributed by atoms with Gasteiger partial charge in [-0.3, -0.25) is 14.4 Å². The van der Waals surface area contributed by atoms with Crippen LogP contribution in [0.15, 0.2) is 53.3 Å². The van der Waals surface area contributed by atoms with Crippen molar-refractivity contribution >= 4 is 17.5 Å². The molecule has 4 heterocycles. The van der Waals surface area contributed by atoms with Crippen LogP contribution in [0.4, 0.5) is 5.69 Å². The average Bonchev–Trinajstić information content (AvgIpc) is 3.10. The van der Waals surface area contributed by atoms with E-state index in [9.17, 15) is 14.4 Å². The zero-order valence-corrected chi connectivity index (χ0v) is 15.7. The SMILES string of the molecule is O=C([C@H]1CC(=O)N(c2ccccc2)C1)N1C[C@@H]2C[C@@H](C1)c1cccc(=O)n1C2. The monoisotopic (exact) mass is 377 g/mol. The Balaban J connectivity index is 1.33. The zero-order chi connectivity index (χ0) is 19.3. The minimum absolute atomic E-state index is 0.0126. The normalized spacial score (nSPS) is 26.3. The number of amides is 2. The third-order valence-electron chi connectivity index (χ3n) is 6.33. The summed E-state index contributed by atoms with van der Waals surface area (Å²) in [6.45, 7) is 2.43. The summed E-state index contributed by atoms with van der Waals surface area (Å²) in [7, 11) is 0. The molecule has 2 saturated heterocycles. The Kier molecular flexibility index (Phi) is 4.07. The number of carbonyl (C=O) groups is 2. The van der Waals surface area contributed by atoms with Crippen molar-refractivity contribution in [3.8, 4) is 0 Å². The first-order valence-corrected chi connectivity index (χ1v) is 9.94. The maximum absolute atomic E-state index is 13.2. The summed E-state index contributed by atoms with van der Waals surface area (Å²) >= 11 is 0. The fourth-order valence-corrected chi connectivity index (χ4v) is 5.07. The summed E-state index contributed by atoms with van der Waals surface area (Å²) in [6.07, 6.45) is 1.29. The van der Waals surface area contributed by atoms with Gasteiger partial charge < -0.3 is 14.4 Å². The van der Waals surface area contributed by atoms with Crippen molar-refractivity contribution in [3.05, 3.63) is 64.6 Å². The Bertz CT molecular complexity index is 984. The first-order valence-electron chi connectivity index (χ1n) is 9.94. The van der Waals surface area contributed by atoms with E-state index in [4.69, 9.17) is 0 Å². The van der Waals surface area contributed by atoms with Crippen molar-refractivity contribution in [3.63, 3.8) is 0 Å². The maximum Gasteiger partial charge on any atom is 0.250 e. The van der Waals surface area contributed by atoms with Gasteiger partial charge in [-0.2, -0.15) is 0 Å². The van der Waals surface area contributed by atoms with E-state index in [1.807, 2.05) is 51.9 Å². The lowest BCUT2D eigenvalue weighted by Crippen LogP contribution is -2.50. The van der Waals surface area contributed by atoms with E-state index in [0.29, 0.717) is 32.1 Å². The number of rotatable bonds is 2. The number of para-hydroxylation sites is 1. The van der Waals surface area contributed by atoms with Crippen LogP contribution in [0.5, 0.6) is 0 Å². The second-order valence-electron chi connectivity index (χ2n) is 8.18. The van der Waals surface area contributed by atoms with E-state index >= 15 is 0 Å². The van der Waals surface area contributed by atoms with E-state index in [2.05, 4.69) is 0 Å². The molecule has 5 rings (SSSR count). The van der Waals surface area contributed by atoms with E-state index in [1.165, 1.54) is 0 Å². The van der Waals surface area contributed by atoms with Crippen LogP contribution in [0.3, 0.4) is 0 Å². The molecular formula is C22H23N3O3. The molecule has 2 aromatic rings. The van der Waals surface area contributed by atoms with Crippen LogP contribution < -0.4 is 10.5 Å². The molecule has 1 aromatic heterocycles. The van der Waals surface area contributed by atoms with Crippen molar-refractivity contribution < 1.29 is 9.59 Å². The lowest BCUT2D eigenvalue weighted by Gasteiger charge is -2.43. The van der Waals surface area contributed by atoms with Crippen molar-refractivity contribution in [2.75, 3.05) is 24.5 Å². The lowest BCUT2D eigenvalue weighted by molar-refractivity contribution is -0.138. The van der Waals surface area contributed by atoms with Crippen molar-refractivity contribution in [1.82, 2.24) is 9.47 Å². The van der Waals surface area contributed by atoms with Gasteiger partial charge >= 0.3 is 0 Å². The predicted molar refractivity (Wildman–Crippen MR) is 105 cm³/mol. The van der Waals surface area contributed by atoms with Gasteiger partial charge in [0.25, 0.3) is 5.56 Å². The third-order valence-corrected chi connectivity index (χ3v) is 6.33. The second-order valence-corrected chi connectivity index (χ2v) is 8.18. The number of carbonyl (C=O) groups excluding carboxylic acids is 2. The topological polar surface area (TPSA) is 62.6 Å². The molecule has 28 heavy (non-hydrogen) atoms. The Hall–Kier alpha value is -2.89. The minimum atomic E-state index is -0.288. The van der Waals surface area contributed by atoms with Crippen LogP contribution >= 0.6 is 0 Å². The summed E-state index contributed by atoms with van der Waals surface area (Å²) in [5, 5.41) is 0. The van der Waals surface area contributed by atoms with Crippen molar-refractivity contribution in [2.45, 2.75) is 25.3 Å². The van der Waals surface area contributed by atoms with Crippen molar-refractivity contribution in [2.24, 2.45) is 11.8 Å². The first-order chi connectivity index (χ1) is 13.6. The first kappa shape index (κ1) is 17.2. The Labute approximate surface area is 163 Å². The molecule has 3 aliphatic heterocycles. The van der Waals surface area contributed by atoms with Gasteiger partial charge in [0.15, 0.2) is 0 Å². The molecule has 144 valence electrons. The molecule has 0 unspecified atom stereocenters. The average molecular weight is 377 g/mol. The maximum atomic E-state index is 13.2. The molecule has 6 heteroatoms. The second kappa shape index (κ2) is 6.62. The Morgan fingerprint density at radius 2 is 1.71 bits per heavy atom. The highest BCUT2D eigenvalue weighted by Gasteiger charge is 2.41. The van der Waals surface area contributed by atoms with Crippen LogP contribution in [-0.2, 0) is 16.1 Å². The number of anilines is 1. The molecule has 2 bridgehead atoms. The zero-order valence-electron chi connectivity index (χ0n) is 15.7. The Morgan fingerprint density at radius 3 is 2.54 bits per heavy atom. The summed E-state index contributed by atoms with van der Waals surface area (Å²) in [5.74, 6) is 0.307. The highest BCUT2D eigenvalue weighted by Crippen LogP contribution is 2.36. The number of nitrogens with zero attached hydrogens (tertiary/aromatic N) is 3. The molecule has 6 nitrogen and oxygen atoms in total. The van der Waals surface area contributed by atoms with Gasteiger partial charge in [0.2, 0.25) is 11.8 Å². The van der Waals surface area contributed by atoms with Gasteiger partial charge in [-0.25, -0.2) is 0 Å². The number of benzene rings is 1. The quantitative estimate of drug-likeness (QED) is 0.802. The molecule has 2 fully saturated rings. The molecule has 0 spiro atoms. The summed E-state index contributed by atoms with van der Waals surface area (Å²) in [6, 6.07) is 15.0. The highest BCUT2D eigenvalue weighted by atomic mass is 16.2. The van der Waals surface area contributed by atoms with Crippen LogP contribution in [0, 0.1) is 11.8 Å². The number of piperidine rings is 1. The summed E-state index contributed by atoms with van der Waals surface area (Å²) in [4.78, 5) is 41.5.